The molecule has 1 aliphatic rings. The minimum atomic E-state index is -4.94. The molecule has 2 aromatic carbocycles. The molecule has 252 valence electrons. The lowest BCUT2D eigenvalue weighted by Crippen LogP contribution is -2.29. The fourth-order valence-corrected chi connectivity index (χ4v) is 4.85. The molecule has 18 nitrogen and oxygen atoms in total. The van der Waals surface area contributed by atoms with Gasteiger partial charge in [-0.2, -0.15) is 4.80 Å². The number of aryl methyl sites for hydroxylation is 1. The first-order valence-corrected chi connectivity index (χ1v) is 15.5. The molecule has 0 bridgehead atoms. The summed E-state index contributed by atoms with van der Waals surface area (Å²) in [5.74, 6) is -2.67. The lowest BCUT2D eigenvalue weighted by molar-refractivity contribution is -0.117. The average molecular weight is 686 g/mol. The Bertz CT molecular complexity index is 2110. The second-order valence-corrected chi connectivity index (χ2v) is 11.4. The standard InChI is InChI=1S/C29H31N8O10P/c1-30-28(39)19-14-37(15-46-29(40)17-10-11-22(23(12-17)44-3)47-48(41,42)43)24(32-27(38)16-8-9-16)13-21(19)31-20-7-5-6-18(25(20)45-4)26-33-35-36(2)34-26/h5-7,10-14,16H,8-9,15H2,1-4H3,(H,30,39)(H,32,38)(H2,41,42,43)/i1D3. The number of tetrazole rings is 1. The minimum absolute atomic E-state index is 0.0394. The maximum atomic E-state index is 13.4. The van der Waals surface area contributed by atoms with Crippen molar-refractivity contribution in [3.8, 4) is 28.6 Å². The Hall–Kier alpha value is -5.58. The van der Waals surface area contributed by atoms with Crippen molar-refractivity contribution in [2.75, 3.05) is 26.5 Å². The zero-order chi connectivity index (χ0) is 37.1. The van der Waals surface area contributed by atoms with E-state index < -0.39 is 33.4 Å². The fourth-order valence-electron chi connectivity index (χ4n) is 4.44. The molecule has 4 aromatic rings. The van der Waals surface area contributed by atoms with Crippen LogP contribution in [0, 0.1) is 5.92 Å². The summed E-state index contributed by atoms with van der Waals surface area (Å²) in [6.07, 6.45) is 2.47. The number of anilines is 1. The Kier molecular flexibility index (Phi) is 8.72. The number of carbonyl (C=O) groups excluding carboxylic acids is 3. The zero-order valence-electron chi connectivity index (χ0n) is 28.6. The number of nitrogens with zero attached hydrogens (tertiary/aromatic N) is 6. The molecule has 0 aliphatic heterocycles. The quantitative estimate of drug-likeness (QED) is 0.124. The molecule has 0 radical (unpaired) electrons. The SMILES string of the molecule is [2H]C([2H])([2H])NC(=O)c1cn(COC(=O)c2ccc(OP(=O)(O)O)c(OC)c2)c(NC(=O)C2CC2)cc1=Nc1cccc(-c2nnn(C)n2)c1OC. The maximum Gasteiger partial charge on any atom is 0.524 e. The number of para-hydroxylation sites is 1. The Morgan fingerprint density at radius 3 is 2.56 bits per heavy atom. The van der Waals surface area contributed by atoms with Gasteiger partial charge in [0.25, 0.3) is 5.91 Å². The zero-order valence-corrected chi connectivity index (χ0v) is 26.5. The van der Waals surface area contributed by atoms with E-state index in [-0.39, 0.29) is 62.9 Å². The van der Waals surface area contributed by atoms with E-state index in [2.05, 4.69) is 30.2 Å². The van der Waals surface area contributed by atoms with Crippen molar-refractivity contribution in [3.05, 3.63) is 65.1 Å². The van der Waals surface area contributed by atoms with Crippen LogP contribution in [0.5, 0.6) is 17.2 Å². The van der Waals surface area contributed by atoms with Gasteiger partial charge < -0.3 is 29.4 Å². The van der Waals surface area contributed by atoms with Crippen molar-refractivity contribution in [2.45, 2.75) is 19.6 Å². The van der Waals surface area contributed by atoms with E-state index in [1.165, 1.54) is 35.7 Å². The van der Waals surface area contributed by atoms with E-state index in [0.717, 1.165) is 18.3 Å². The first kappa shape index (κ1) is 29.8. The molecule has 2 heterocycles. The van der Waals surface area contributed by atoms with Gasteiger partial charge in [-0.25, -0.2) is 14.4 Å². The molecule has 2 amide bonds. The number of amides is 2. The molecule has 0 spiro atoms. The summed E-state index contributed by atoms with van der Waals surface area (Å²) in [5, 5.41) is 16.6. The van der Waals surface area contributed by atoms with Crippen LogP contribution in [-0.4, -0.2) is 73.5 Å². The number of pyridine rings is 1. The second-order valence-electron chi connectivity index (χ2n) is 10.2. The van der Waals surface area contributed by atoms with Gasteiger partial charge in [0.1, 0.15) is 11.5 Å². The van der Waals surface area contributed by atoms with Gasteiger partial charge in [0, 0.05) is 29.3 Å². The molecule has 5 rings (SSSR count). The smallest absolute Gasteiger partial charge is 0.494 e. The molecule has 19 heteroatoms. The van der Waals surface area contributed by atoms with E-state index >= 15 is 0 Å². The third-order valence-electron chi connectivity index (χ3n) is 6.84. The molecule has 1 saturated carbocycles. The predicted octanol–water partition coefficient (Wildman–Crippen LogP) is 1.92. The number of phosphoric acid groups is 1. The van der Waals surface area contributed by atoms with Crippen LogP contribution in [0.4, 0.5) is 11.5 Å². The highest BCUT2D eigenvalue weighted by atomic mass is 31.2. The first-order valence-electron chi connectivity index (χ1n) is 15.5. The van der Waals surface area contributed by atoms with E-state index in [4.69, 9.17) is 28.1 Å². The van der Waals surface area contributed by atoms with Crippen LogP contribution >= 0.6 is 7.82 Å². The van der Waals surface area contributed by atoms with Crippen molar-refractivity contribution >= 4 is 37.1 Å². The second kappa shape index (κ2) is 14.0. The fraction of sp³-hybridized carbons (Fsp3) is 0.276. The molecule has 48 heavy (non-hydrogen) atoms. The van der Waals surface area contributed by atoms with E-state index in [1.54, 1.807) is 25.2 Å². The molecular formula is C29H31N8O10P. The topological polar surface area (TPSA) is 231 Å². The summed E-state index contributed by atoms with van der Waals surface area (Å²) in [5.41, 5.74) is 0.218. The van der Waals surface area contributed by atoms with Crippen molar-refractivity contribution in [3.63, 3.8) is 0 Å². The minimum Gasteiger partial charge on any atom is -0.494 e. The molecule has 0 atom stereocenters. The summed E-state index contributed by atoms with van der Waals surface area (Å²) < 4.78 is 56.0. The summed E-state index contributed by atoms with van der Waals surface area (Å²) in [4.78, 5) is 63.6. The number of hydrogen-bond donors (Lipinski definition) is 4. The third kappa shape index (κ3) is 7.86. The number of hydrogen-bond acceptors (Lipinski definition) is 12. The monoisotopic (exact) mass is 685 g/mol. The summed E-state index contributed by atoms with van der Waals surface area (Å²) in [6, 6.07) is 9.58. The number of benzene rings is 2. The summed E-state index contributed by atoms with van der Waals surface area (Å²) in [6.45, 7) is -3.50. The number of carbonyl (C=O) groups is 3. The van der Waals surface area contributed by atoms with E-state index in [9.17, 15) is 18.9 Å². The highest BCUT2D eigenvalue weighted by Crippen LogP contribution is 2.42. The van der Waals surface area contributed by atoms with Crippen molar-refractivity contribution in [2.24, 2.45) is 18.0 Å². The largest absolute Gasteiger partial charge is 0.524 e. The van der Waals surface area contributed by atoms with Crippen LogP contribution in [0.3, 0.4) is 0 Å². The van der Waals surface area contributed by atoms with E-state index in [1.807, 2.05) is 5.32 Å². The van der Waals surface area contributed by atoms with Crippen LogP contribution in [0.2, 0.25) is 0 Å². The first-order chi connectivity index (χ1) is 24.0. The molecule has 1 aliphatic carbocycles. The maximum absolute atomic E-state index is 13.4. The number of ether oxygens (including phenoxy) is 3. The summed E-state index contributed by atoms with van der Waals surface area (Å²) >= 11 is 0. The van der Waals surface area contributed by atoms with Gasteiger partial charge in [-0.15, -0.1) is 10.2 Å². The van der Waals surface area contributed by atoms with Gasteiger partial charge in [0.15, 0.2) is 24.0 Å². The Labute approximate surface area is 276 Å². The average Bonchev–Trinajstić information content (AvgIpc) is 3.82. The highest BCUT2D eigenvalue weighted by Gasteiger charge is 2.30. The Balaban J connectivity index is 1.58. The van der Waals surface area contributed by atoms with Crippen LogP contribution in [0.1, 0.15) is 37.7 Å². The number of esters is 1. The van der Waals surface area contributed by atoms with Crippen molar-refractivity contribution in [1.82, 2.24) is 30.1 Å². The van der Waals surface area contributed by atoms with Crippen LogP contribution in [0.15, 0.2) is 53.7 Å². The van der Waals surface area contributed by atoms with Gasteiger partial charge in [0.05, 0.1) is 43.3 Å². The van der Waals surface area contributed by atoms with Gasteiger partial charge >= 0.3 is 13.8 Å². The molecule has 2 aromatic heterocycles. The Morgan fingerprint density at radius 1 is 1.12 bits per heavy atom. The molecule has 4 N–H and O–H groups in total. The van der Waals surface area contributed by atoms with Crippen LogP contribution in [-0.2, 0) is 27.9 Å². The van der Waals surface area contributed by atoms with Crippen molar-refractivity contribution < 1.29 is 51.6 Å². The molecule has 0 saturated heterocycles. The molecule has 1 fully saturated rings. The van der Waals surface area contributed by atoms with Gasteiger partial charge in [-0.3, -0.25) is 23.9 Å². The molecular weight excluding hydrogens is 651 g/mol. The number of methoxy groups -OCH3 is 2. The lowest BCUT2D eigenvalue weighted by atomic mass is 10.1. The summed E-state index contributed by atoms with van der Waals surface area (Å²) in [7, 11) is -0.776. The van der Waals surface area contributed by atoms with Gasteiger partial charge in [0.2, 0.25) is 11.7 Å². The highest BCUT2D eigenvalue weighted by molar-refractivity contribution is 7.46. The Morgan fingerprint density at radius 2 is 1.92 bits per heavy atom. The van der Waals surface area contributed by atoms with E-state index in [0.29, 0.717) is 18.4 Å². The number of aromatic nitrogens is 5. The van der Waals surface area contributed by atoms with Gasteiger partial charge in [-0.1, -0.05) is 6.07 Å². The van der Waals surface area contributed by atoms with Crippen LogP contribution in [0.25, 0.3) is 11.4 Å². The number of phosphoric ester groups is 1. The number of rotatable bonds is 12. The lowest BCUT2D eigenvalue weighted by Gasteiger charge is -2.17. The number of nitrogens with one attached hydrogen (secondary N) is 2. The van der Waals surface area contributed by atoms with Crippen molar-refractivity contribution in [1.29, 1.82) is 0 Å². The third-order valence-corrected chi connectivity index (χ3v) is 7.28. The molecule has 0 unspecified atom stereocenters. The normalized spacial score (nSPS) is 14.3. The predicted molar refractivity (Wildman–Crippen MR) is 166 cm³/mol. The van der Waals surface area contributed by atoms with Gasteiger partial charge in [-0.05, 0) is 48.4 Å². The van der Waals surface area contributed by atoms with Crippen LogP contribution < -0.4 is 30.0 Å².